The average molecular weight is 515 g/mol. The number of ether oxygens (including phenoxy) is 1. The number of hydrogen-bond donors (Lipinski definition) is 3. The van der Waals surface area contributed by atoms with Crippen molar-refractivity contribution in [3.05, 3.63) is 47.9 Å². The van der Waals surface area contributed by atoms with Gasteiger partial charge in [0.25, 0.3) is 0 Å². The number of amides is 1. The number of nitrogens with one attached hydrogen (secondary N) is 3. The SMILES string of the molecule is CCNC(=NCc1ccon1)NCCc1ccc(NC(=O)OC(C)(C)C)cc1.I. The van der Waals surface area contributed by atoms with Crippen LogP contribution in [0.5, 0.6) is 0 Å². The lowest BCUT2D eigenvalue weighted by molar-refractivity contribution is 0.0636. The highest BCUT2D eigenvalue weighted by Crippen LogP contribution is 2.13. The molecule has 0 unspecified atom stereocenters. The van der Waals surface area contributed by atoms with Crippen LogP contribution in [0.2, 0.25) is 0 Å². The van der Waals surface area contributed by atoms with Crippen LogP contribution in [0.15, 0.2) is 46.1 Å². The molecule has 0 radical (unpaired) electrons. The smallest absolute Gasteiger partial charge is 0.412 e. The van der Waals surface area contributed by atoms with Crippen molar-refractivity contribution in [3.8, 4) is 0 Å². The molecule has 1 amide bonds. The van der Waals surface area contributed by atoms with Gasteiger partial charge in [0.05, 0.1) is 6.54 Å². The van der Waals surface area contributed by atoms with Crippen LogP contribution in [0.1, 0.15) is 39.0 Å². The number of carbonyl (C=O) groups is 1. The summed E-state index contributed by atoms with van der Waals surface area (Å²) in [6.07, 6.45) is 1.90. The normalized spacial score (nSPS) is 11.4. The molecule has 0 aliphatic rings. The number of benzene rings is 1. The fraction of sp³-hybridized carbons (Fsp3) is 0.450. The lowest BCUT2D eigenvalue weighted by Crippen LogP contribution is -2.38. The minimum Gasteiger partial charge on any atom is -0.444 e. The minimum atomic E-state index is -0.519. The predicted octanol–water partition coefficient (Wildman–Crippen LogP) is 3.94. The van der Waals surface area contributed by atoms with Crippen molar-refractivity contribution in [2.24, 2.45) is 4.99 Å². The van der Waals surface area contributed by atoms with E-state index in [1.165, 1.54) is 6.26 Å². The number of anilines is 1. The maximum atomic E-state index is 11.8. The van der Waals surface area contributed by atoms with Crippen LogP contribution >= 0.6 is 24.0 Å². The Morgan fingerprint density at radius 3 is 2.48 bits per heavy atom. The highest BCUT2D eigenvalue weighted by atomic mass is 127. The van der Waals surface area contributed by atoms with E-state index >= 15 is 0 Å². The first kappa shape index (κ1) is 24.7. The Morgan fingerprint density at radius 1 is 1.17 bits per heavy atom. The van der Waals surface area contributed by atoms with E-state index < -0.39 is 11.7 Å². The van der Waals surface area contributed by atoms with E-state index in [1.54, 1.807) is 6.07 Å². The van der Waals surface area contributed by atoms with E-state index in [9.17, 15) is 4.79 Å². The van der Waals surface area contributed by atoms with Crippen molar-refractivity contribution >= 4 is 41.7 Å². The second-order valence-electron chi connectivity index (χ2n) is 7.19. The number of guanidine groups is 1. The summed E-state index contributed by atoms with van der Waals surface area (Å²) in [5, 5.41) is 13.1. The fourth-order valence-corrected chi connectivity index (χ4v) is 2.32. The summed E-state index contributed by atoms with van der Waals surface area (Å²) in [4.78, 5) is 16.3. The van der Waals surface area contributed by atoms with E-state index in [1.807, 2.05) is 52.0 Å². The van der Waals surface area contributed by atoms with Gasteiger partial charge < -0.3 is 19.9 Å². The number of aliphatic imine (C=N–C) groups is 1. The van der Waals surface area contributed by atoms with Crippen LogP contribution in [-0.4, -0.2) is 35.9 Å². The first-order chi connectivity index (χ1) is 13.4. The number of rotatable bonds is 7. The summed E-state index contributed by atoms with van der Waals surface area (Å²) in [6, 6.07) is 9.48. The molecule has 0 fully saturated rings. The molecule has 29 heavy (non-hydrogen) atoms. The van der Waals surface area contributed by atoms with Gasteiger partial charge in [-0.05, 0) is 51.8 Å². The Hall–Kier alpha value is -2.30. The van der Waals surface area contributed by atoms with Crippen molar-refractivity contribution in [3.63, 3.8) is 0 Å². The number of nitrogens with zero attached hydrogens (tertiary/aromatic N) is 2. The molecule has 0 spiro atoms. The first-order valence-corrected chi connectivity index (χ1v) is 9.36. The largest absolute Gasteiger partial charge is 0.444 e. The molecule has 0 saturated heterocycles. The molecule has 2 rings (SSSR count). The standard InChI is InChI=1S/C20H29N5O3.HI/c1-5-21-18(23-14-17-11-13-27-25-17)22-12-10-15-6-8-16(9-7-15)24-19(26)28-20(2,3)4;/h6-9,11,13H,5,10,12,14H2,1-4H3,(H,24,26)(H2,21,22,23);1H. The summed E-state index contributed by atoms with van der Waals surface area (Å²) < 4.78 is 10.1. The van der Waals surface area contributed by atoms with Gasteiger partial charge in [0.2, 0.25) is 0 Å². The number of hydrogen-bond acceptors (Lipinski definition) is 5. The lowest BCUT2D eigenvalue weighted by Gasteiger charge is -2.19. The molecule has 9 heteroatoms. The molecule has 0 atom stereocenters. The number of aromatic nitrogens is 1. The number of carbonyl (C=O) groups excluding carboxylic acids is 1. The van der Waals surface area contributed by atoms with Crippen molar-refractivity contribution in [1.82, 2.24) is 15.8 Å². The number of halogens is 1. The monoisotopic (exact) mass is 515 g/mol. The summed E-state index contributed by atoms with van der Waals surface area (Å²) in [5.41, 5.74) is 2.11. The van der Waals surface area contributed by atoms with E-state index in [0.717, 1.165) is 36.7 Å². The van der Waals surface area contributed by atoms with Gasteiger partial charge in [0, 0.05) is 24.8 Å². The minimum absolute atomic E-state index is 0. The van der Waals surface area contributed by atoms with Gasteiger partial charge in [0.1, 0.15) is 17.6 Å². The second kappa shape index (κ2) is 12.3. The molecule has 8 nitrogen and oxygen atoms in total. The maximum Gasteiger partial charge on any atom is 0.412 e. The van der Waals surface area contributed by atoms with Crippen molar-refractivity contribution in [2.75, 3.05) is 18.4 Å². The van der Waals surface area contributed by atoms with E-state index in [2.05, 4.69) is 26.1 Å². The lowest BCUT2D eigenvalue weighted by atomic mass is 10.1. The molecule has 160 valence electrons. The summed E-state index contributed by atoms with van der Waals surface area (Å²) in [5.74, 6) is 0.730. The quantitative estimate of drug-likeness (QED) is 0.294. The molecule has 3 N–H and O–H groups in total. The Morgan fingerprint density at radius 2 is 1.90 bits per heavy atom. The molecule has 0 saturated carbocycles. The van der Waals surface area contributed by atoms with Crippen LogP contribution in [-0.2, 0) is 17.7 Å². The Balaban J connectivity index is 0.00000420. The molecule has 1 aromatic heterocycles. The van der Waals surface area contributed by atoms with E-state index in [-0.39, 0.29) is 24.0 Å². The van der Waals surface area contributed by atoms with Gasteiger partial charge in [0.15, 0.2) is 5.96 Å². The van der Waals surface area contributed by atoms with Crippen LogP contribution in [0.3, 0.4) is 0 Å². The third kappa shape index (κ3) is 10.2. The van der Waals surface area contributed by atoms with Crippen molar-refractivity contribution in [2.45, 2.75) is 46.3 Å². The van der Waals surface area contributed by atoms with Crippen LogP contribution in [0.4, 0.5) is 10.5 Å². The molecule has 1 aromatic carbocycles. The molecule has 1 heterocycles. The predicted molar refractivity (Wildman–Crippen MR) is 125 cm³/mol. The highest BCUT2D eigenvalue weighted by Gasteiger charge is 2.16. The Kier molecular flexibility index (Phi) is 10.5. The molecular formula is C20H30IN5O3. The Bertz CT molecular complexity index is 755. The van der Waals surface area contributed by atoms with E-state index in [0.29, 0.717) is 12.2 Å². The van der Waals surface area contributed by atoms with Gasteiger partial charge in [-0.2, -0.15) is 0 Å². The average Bonchev–Trinajstić information content (AvgIpc) is 3.13. The van der Waals surface area contributed by atoms with Crippen LogP contribution < -0.4 is 16.0 Å². The molecule has 2 aromatic rings. The van der Waals surface area contributed by atoms with Gasteiger partial charge in [-0.1, -0.05) is 17.3 Å². The Labute approximate surface area is 188 Å². The van der Waals surface area contributed by atoms with E-state index in [4.69, 9.17) is 9.26 Å². The second-order valence-corrected chi connectivity index (χ2v) is 7.19. The summed E-state index contributed by atoms with van der Waals surface area (Å²) >= 11 is 0. The van der Waals surface area contributed by atoms with Crippen molar-refractivity contribution < 1.29 is 14.1 Å². The molecule has 0 aliphatic heterocycles. The van der Waals surface area contributed by atoms with Crippen molar-refractivity contribution in [1.29, 1.82) is 0 Å². The fourth-order valence-electron chi connectivity index (χ4n) is 2.32. The van der Waals surface area contributed by atoms with Crippen LogP contribution in [0, 0.1) is 0 Å². The van der Waals surface area contributed by atoms with Gasteiger partial charge in [-0.25, -0.2) is 9.79 Å². The van der Waals surface area contributed by atoms with Gasteiger partial charge >= 0.3 is 6.09 Å². The summed E-state index contributed by atoms with van der Waals surface area (Å²) in [7, 11) is 0. The van der Waals surface area contributed by atoms with Gasteiger partial charge in [-0.3, -0.25) is 5.32 Å². The zero-order chi connectivity index (χ0) is 20.4. The maximum absolute atomic E-state index is 11.8. The van der Waals surface area contributed by atoms with Gasteiger partial charge in [-0.15, -0.1) is 24.0 Å². The molecular weight excluding hydrogens is 485 g/mol. The third-order valence-electron chi connectivity index (χ3n) is 3.54. The van der Waals surface area contributed by atoms with Crippen LogP contribution in [0.25, 0.3) is 0 Å². The molecule has 0 aliphatic carbocycles. The zero-order valence-electron chi connectivity index (χ0n) is 17.3. The zero-order valence-corrected chi connectivity index (χ0v) is 19.7. The highest BCUT2D eigenvalue weighted by molar-refractivity contribution is 14.0. The third-order valence-corrected chi connectivity index (χ3v) is 3.54. The topological polar surface area (TPSA) is 101 Å². The summed E-state index contributed by atoms with van der Waals surface area (Å²) in [6.45, 7) is 9.47. The first-order valence-electron chi connectivity index (χ1n) is 9.36. The molecule has 0 bridgehead atoms.